The van der Waals surface area contributed by atoms with Gasteiger partial charge in [-0.25, -0.2) is 13.2 Å². The van der Waals surface area contributed by atoms with Crippen molar-refractivity contribution in [3.63, 3.8) is 0 Å². The number of fused-ring (bicyclic) bond motifs is 1. The van der Waals surface area contributed by atoms with E-state index in [1.165, 1.54) is 13.4 Å². The van der Waals surface area contributed by atoms with Gasteiger partial charge in [0, 0.05) is 16.8 Å². The number of benzene rings is 2. The molecule has 0 saturated carbocycles. The highest BCUT2D eigenvalue weighted by Gasteiger charge is 2.29. The fourth-order valence-electron chi connectivity index (χ4n) is 3.90. The van der Waals surface area contributed by atoms with E-state index in [1.54, 1.807) is 24.3 Å². The summed E-state index contributed by atoms with van der Waals surface area (Å²) in [5.41, 5.74) is 6.08. The fourth-order valence-corrected chi connectivity index (χ4v) is 4.71. The van der Waals surface area contributed by atoms with Gasteiger partial charge in [0.1, 0.15) is 0 Å². The van der Waals surface area contributed by atoms with Gasteiger partial charge in [-0.1, -0.05) is 66.2 Å². The number of ether oxygens (including phenoxy) is 1. The van der Waals surface area contributed by atoms with Crippen molar-refractivity contribution in [2.24, 2.45) is 0 Å². The minimum atomic E-state index is -3.35. The number of methoxy groups -OCH3 is 1. The second-order valence-corrected chi connectivity index (χ2v) is 10.0. The Labute approximate surface area is 192 Å². The molecule has 32 heavy (non-hydrogen) atoms. The molecule has 0 fully saturated rings. The highest BCUT2D eigenvalue weighted by Crippen LogP contribution is 2.48. The Morgan fingerprint density at radius 1 is 0.844 bits per heavy atom. The number of carbonyl (C=O) groups excluding carboxylic acids is 1. The van der Waals surface area contributed by atoms with E-state index in [2.05, 4.69) is 0 Å². The topological polar surface area (TPSA) is 60.4 Å². The summed E-state index contributed by atoms with van der Waals surface area (Å²) in [6.45, 7) is 1.93. The summed E-state index contributed by atoms with van der Waals surface area (Å²) in [7, 11) is -2.00. The largest absolute Gasteiger partial charge is 0.465 e. The van der Waals surface area contributed by atoms with Crippen LogP contribution in [0.25, 0.3) is 33.4 Å². The molecule has 0 saturated heterocycles. The number of aryl methyl sites for hydroxylation is 1. The third-order valence-corrected chi connectivity index (χ3v) is 7.03. The van der Waals surface area contributed by atoms with Crippen molar-refractivity contribution in [2.75, 3.05) is 13.4 Å². The molecular formula is C26H21ClO4S. The highest BCUT2D eigenvalue weighted by atomic mass is 35.5. The van der Waals surface area contributed by atoms with Gasteiger partial charge >= 0.3 is 5.97 Å². The number of esters is 1. The first kappa shape index (κ1) is 22.1. The van der Waals surface area contributed by atoms with Crippen LogP contribution in [0.4, 0.5) is 0 Å². The zero-order valence-corrected chi connectivity index (χ0v) is 19.4. The molecule has 0 atom stereocenters. The van der Waals surface area contributed by atoms with Gasteiger partial charge in [-0.15, -0.1) is 0 Å². The molecule has 6 heteroatoms. The van der Waals surface area contributed by atoms with Gasteiger partial charge in [-0.2, -0.15) is 0 Å². The van der Waals surface area contributed by atoms with Gasteiger partial charge < -0.3 is 4.74 Å². The predicted molar refractivity (Wildman–Crippen MR) is 128 cm³/mol. The van der Waals surface area contributed by atoms with Gasteiger partial charge in [-0.05, 0) is 58.5 Å². The summed E-state index contributed by atoms with van der Waals surface area (Å²) in [4.78, 5) is 13.2. The van der Waals surface area contributed by atoms with Gasteiger partial charge in [0.05, 0.1) is 17.6 Å². The lowest BCUT2D eigenvalue weighted by Gasteiger charge is -2.11. The van der Waals surface area contributed by atoms with E-state index in [9.17, 15) is 13.2 Å². The number of sulfone groups is 1. The maximum absolute atomic E-state index is 13.0. The lowest BCUT2D eigenvalue weighted by atomic mass is 9.95. The molecule has 0 aromatic heterocycles. The molecule has 2 aromatic carbocycles. The fraction of sp³-hybridized carbons (Fsp3) is 0.115. The van der Waals surface area contributed by atoms with Crippen LogP contribution in [0.15, 0.2) is 77.7 Å². The Morgan fingerprint density at radius 3 is 2.06 bits per heavy atom. The molecule has 0 radical (unpaired) electrons. The number of hydrogen-bond acceptors (Lipinski definition) is 4. The van der Waals surface area contributed by atoms with Gasteiger partial charge in [0.15, 0.2) is 9.84 Å². The maximum Gasteiger partial charge on any atom is 0.339 e. The van der Waals surface area contributed by atoms with Crippen molar-refractivity contribution in [1.29, 1.82) is 0 Å². The van der Waals surface area contributed by atoms with E-state index in [4.69, 9.17) is 16.3 Å². The molecular weight excluding hydrogens is 444 g/mol. The molecule has 0 heterocycles. The molecule has 0 N–H and O–H groups in total. The van der Waals surface area contributed by atoms with Crippen molar-refractivity contribution in [3.05, 3.63) is 88.9 Å². The molecule has 0 unspecified atom stereocenters. The van der Waals surface area contributed by atoms with Crippen molar-refractivity contribution < 1.29 is 17.9 Å². The second kappa shape index (κ2) is 8.41. The Kier molecular flexibility index (Phi) is 5.80. The Morgan fingerprint density at radius 2 is 1.47 bits per heavy atom. The Hall–Kier alpha value is -3.15. The average molecular weight is 465 g/mol. The molecule has 0 spiro atoms. The Bertz CT molecular complexity index is 1410. The smallest absolute Gasteiger partial charge is 0.339 e. The lowest BCUT2D eigenvalue weighted by molar-refractivity contribution is 0.0603. The molecule has 0 amide bonds. The SMILES string of the molecule is COC(=O)c1c2cccccc-2c(-c2ccc(C)c(Cl)c2)c1-c1ccc(S(C)(=O)=O)cc1. The summed E-state index contributed by atoms with van der Waals surface area (Å²) in [6.07, 6.45) is 1.17. The minimum absolute atomic E-state index is 0.211. The molecule has 0 bridgehead atoms. The van der Waals surface area contributed by atoms with Crippen molar-refractivity contribution in [3.8, 4) is 33.4 Å². The van der Waals surface area contributed by atoms with Crippen LogP contribution in [-0.2, 0) is 14.6 Å². The van der Waals surface area contributed by atoms with Crippen LogP contribution in [0.1, 0.15) is 15.9 Å². The standard InChI is InChI=1S/C26H21ClO4S/c1-16-9-10-18(15-22(16)27)23-20-7-5-4-6-8-21(20)25(26(28)31-2)24(23)17-11-13-19(14-12-17)32(3,29)30/h4-15H,1-3H3. The molecule has 4 nitrogen and oxygen atoms in total. The summed E-state index contributed by atoms with van der Waals surface area (Å²) in [5.74, 6) is -0.465. The maximum atomic E-state index is 13.0. The molecule has 2 aliphatic rings. The predicted octanol–water partition coefficient (Wildman–Crippen LogP) is 6.28. The lowest BCUT2D eigenvalue weighted by Crippen LogP contribution is -2.03. The summed E-state index contributed by atoms with van der Waals surface area (Å²) in [6, 6.07) is 21.9. The van der Waals surface area contributed by atoms with Crippen molar-refractivity contribution >= 4 is 27.4 Å². The van der Waals surface area contributed by atoms with Crippen molar-refractivity contribution in [1.82, 2.24) is 0 Å². The summed E-state index contributed by atoms with van der Waals surface area (Å²) >= 11 is 6.45. The second-order valence-electron chi connectivity index (χ2n) is 7.62. The number of carbonyl (C=O) groups is 1. The first-order chi connectivity index (χ1) is 15.2. The van der Waals surface area contributed by atoms with Crippen LogP contribution in [0.2, 0.25) is 5.02 Å². The third kappa shape index (κ3) is 3.90. The molecule has 4 rings (SSSR count). The van der Waals surface area contributed by atoms with Gasteiger partial charge in [-0.3, -0.25) is 0 Å². The number of halogens is 1. The van der Waals surface area contributed by atoms with Crippen LogP contribution < -0.4 is 0 Å². The minimum Gasteiger partial charge on any atom is -0.465 e. The van der Waals surface area contributed by atoms with Crippen LogP contribution in [0.5, 0.6) is 0 Å². The molecule has 2 aromatic rings. The van der Waals surface area contributed by atoms with Crippen molar-refractivity contribution in [2.45, 2.75) is 11.8 Å². The summed E-state index contributed by atoms with van der Waals surface area (Å²) < 4.78 is 29.0. The van der Waals surface area contributed by atoms with E-state index < -0.39 is 15.8 Å². The highest BCUT2D eigenvalue weighted by molar-refractivity contribution is 7.90. The van der Waals surface area contributed by atoms with Crippen LogP contribution >= 0.6 is 11.6 Å². The van der Waals surface area contributed by atoms with Gasteiger partial charge in [0.2, 0.25) is 0 Å². The van der Waals surface area contributed by atoms with E-state index in [1.807, 2.05) is 55.5 Å². The van der Waals surface area contributed by atoms with E-state index >= 15 is 0 Å². The molecule has 0 aliphatic heterocycles. The summed E-state index contributed by atoms with van der Waals surface area (Å²) in [5, 5.41) is 0.621. The Balaban J connectivity index is 2.12. The van der Waals surface area contributed by atoms with Crippen LogP contribution in [0, 0.1) is 6.92 Å². The first-order valence-electron chi connectivity index (χ1n) is 9.92. The normalized spacial score (nSPS) is 11.5. The zero-order chi connectivity index (χ0) is 23.0. The quantitative estimate of drug-likeness (QED) is 0.333. The number of hydrogen-bond donors (Lipinski definition) is 0. The van der Waals surface area contributed by atoms with E-state index in [-0.39, 0.29) is 4.90 Å². The number of rotatable bonds is 4. The molecule has 2 aliphatic carbocycles. The molecule has 162 valence electrons. The zero-order valence-electron chi connectivity index (χ0n) is 17.8. The van der Waals surface area contributed by atoms with E-state index in [0.29, 0.717) is 21.7 Å². The van der Waals surface area contributed by atoms with Crippen LogP contribution in [0.3, 0.4) is 0 Å². The third-order valence-electron chi connectivity index (χ3n) is 5.50. The average Bonchev–Trinajstić information content (AvgIpc) is 2.90. The van der Waals surface area contributed by atoms with E-state index in [0.717, 1.165) is 27.8 Å². The van der Waals surface area contributed by atoms with Gasteiger partial charge in [0.25, 0.3) is 0 Å². The van der Waals surface area contributed by atoms with Crippen LogP contribution in [-0.4, -0.2) is 27.8 Å². The first-order valence-corrected chi connectivity index (χ1v) is 12.2. The monoisotopic (exact) mass is 464 g/mol.